The van der Waals surface area contributed by atoms with E-state index in [-0.39, 0.29) is 18.4 Å². The number of primary amides is 1. The van der Waals surface area contributed by atoms with Gasteiger partial charge < -0.3 is 31.9 Å². The molecule has 0 saturated heterocycles. The normalized spacial score (nSPS) is 11.9. The Hall–Kier alpha value is -4.08. The Kier molecular flexibility index (Phi) is 6.39. The standard InChI is InChI=1S/C21H23N5O5/c22-16-9-15-18(20(29)26-16)13(10-24-15)6-3-11-1-4-12(5-2-11)19(28)25-14(21(30)31)7-8-17(23)27/h1-2,4-5,9-10,14,24H,3,6-8H2,(H2,23,27)(H,25,28)(H,30,31)(H3,22,26,29)/t14-/m0/s1. The summed E-state index contributed by atoms with van der Waals surface area (Å²) in [6, 6.07) is 7.20. The summed E-state index contributed by atoms with van der Waals surface area (Å²) in [5.41, 5.74) is 13.2. The molecule has 0 spiro atoms. The smallest absolute Gasteiger partial charge is 0.326 e. The summed E-state index contributed by atoms with van der Waals surface area (Å²) in [6.45, 7) is 0. The molecule has 1 aromatic carbocycles. The van der Waals surface area contributed by atoms with Gasteiger partial charge in [-0.1, -0.05) is 12.1 Å². The number of pyridine rings is 1. The van der Waals surface area contributed by atoms with Crippen molar-refractivity contribution in [1.29, 1.82) is 0 Å². The largest absolute Gasteiger partial charge is 0.480 e. The van der Waals surface area contributed by atoms with Gasteiger partial charge in [0.25, 0.3) is 11.5 Å². The van der Waals surface area contributed by atoms with Crippen LogP contribution in [0.5, 0.6) is 0 Å². The molecule has 0 bridgehead atoms. The first-order valence-electron chi connectivity index (χ1n) is 9.64. The molecule has 2 aromatic heterocycles. The molecule has 0 aliphatic rings. The molecule has 3 aromatic rings. The maximum absolute atomic E-state index is 12.3. The highest BCUT2D eigenvalue weighted by molar-refractivity contribution is 5.96. The number of nitrogens with two attached hydrogens (primary N) is 2. The van der Waals surface area contributed by atoms with Crippen molar-refractivity contribution in [3.05, 3.63) is 63.6 Å². The molecule has 3 rings (SSSR count). The number of carboxylic acid groups (broad SMARTS) is 1. The number of aromatic amines is 2. The van der Waals surface area contributed by atoms with Gasteiger partial charge in [0.1, 0.15) is 11.9 Å². The lowest BCUT2D eigenvalue weighted by Gasteiger charge is -2.14. The summed E-state index contributed by atoms with van der Waals surface area (Å²) in [6.07, 6.45) is 2.80. The zero-order valence-electron chi connectivity index (χ0n) is 16.6. The van der Waals surface area contributed by atoms with Gasteiger partial charge in [-0.25, -0.2) is 4.79 Å². The molecular formula is C21H23N5O5. The monoisotopic (exact) mass is 425 g/mol. The first-order chi connectivity index (χ1) is 14.7. The number of carboxylic acids is 1. The topological polar surface area (TPSA) is 184 Å². The highest BCUT2D eigenvalue weighted by Gasteiger charge is 2.21. The number of aliphatic carboxylic acids is 1. The van der Waals surface area contributed by atoms with E-state index >= 15 is 0 Å². The number of aryl methyl sites for hydroxylation is 2. The van der Waals surface area contributed by atoms with Crippen LogP contribution in [0.3, 0.4) is 0 Å². The number of H-pyrrole nitrogens is 2. The van der Waals surface area contributed by atoms with E-state index in [2.05, 4.69) is 15.3 Å². The number of benzene rings is 1. The van der Waals surface area contributed by atoms with E-state index < -0.39 is 23.8 Å². The van der Waals surface area contributed by atoms with Gasteiger partial charge in [0.15, 0.2) is 0 Å². The number of amides is 2. The Morgan fingerprint density at radius 1 is 1.13 bits per heavy atom. The average Bonchev–Trinajstić information content (AvgIpc) is 3.12. The second-order valence-corrected chi connectivity index (χ2v) is 7.22. The van der Waals surface area contributed by atoms with Gasteiger partial charge in [-0.15, -0.1) is 0 Å². The van der Waals surface area contributed by atoms with Crippen LogP contribution in [0.1, 0.15) is 34.3 Å². The summed E-state index contributed by atoms with van der Waals surface area (Å²) >= 11 is 0. The summed E-state index contributed by atoms with van der Waals surface area (Å²) in [7, 11) is 0. The molecule has 0 fully saturated rings. The number of rotatable bonds is 9. The minimum absolute atomic E-state index is 0.0795. The van der Waals surface area contributed by atoms with Gasteiger partial charge in [0, 0.05) is 24.2 Å². The molecule has 10 nitrogen and oxygen atoms in total. The highest BCUT2D eigenvalue weighted by atomic mass is 16.4. The molecule has 0 saturated carbocycles. The zero-order valence-corrected chi connectivity index (χ0v) is 16.6. The van der Waals surface area contributed by atoms with Crippen molar-refractivity contribution in [3.63, 3.8) is 0 Å². The zero-order chi connectivity index (χ0) is 22.5. The van der Waals surface area contributed by atoms with Crippen molar-refractivity contribution in [1.82, 2.24) is 15.3 Å². The van der Waals surface area contributed by atoms with Crippen LogP contribution in [0.15, 0.2) is 41.3 Å². The first kappa shape index (κ1) is 21.6. The van der Waals surface area contributed by atoms with Crippen LogP contribution < -0.4 is 22.3 Å². The van der Waals surface area contributed by atoms with Crippen LogP contribution >= 0.6 is 0 Å². The van der Waals surface area contributed by atoms with Crippen LogP contribution in [0.25, 0.3) is 10.9 Å². The van der Waals surface area contributed by atoms with E-state index in [9.17, 15) is 24.3 Å². The van der Waals surface area contributed by atoms with Crippen LogP contribution in [0, 0.1) is 0 Å². The lowest BCUT2D eigenvalue weighted by Crippen LogP contribution is -2.41. The predicted molar refractivity (Wildman–Crippen MR) is 115 cm³/mol. The fraction of sp³-hybridized carbons (Fsp3) is 0.238. The number of aromatic nitrogens is 2. The summed E-state index contributed by atoms with van der Waals surface area (Å²) in [5, 5.41) is 12.2. The van der Waals surface area contributed by atoms with Crippen LogP contribution in [-0.4, -0.2) is 38.9 Å². The average molecular weight is 425 g/mol. The molecule has 2 heterocycles. The molecule has 1 atom stereocenters. The van der Waals surface area contributed by atoms with Gasteiger partial charge in [-0.05, 0) is 42.5 Å². The number of hydrogen-bond donors (Lipinski definition) is 6. The Labute approximate surface area is 176 Å². The van der Waals surface area contributed by atoms with Crippen molar-refractivity contribution in [2.75, 3.05) is 5.73 Å². The number of carbonyl (C=O) groups excluding carboxylic acids is 2. The molecule has 0 radical (unpaired) electrons. The fourth-order valence-corrected chi connectivity index (χ4v) is 3.33. The quantitative estimate of drug-likeness (QED) is 0.292. The van der Waals surface area contributed by atoms with Gasteiger partial charge in [-0.2, -0.15) is 0 Å². The van der Waals surface area contributed by atoms with Crippen molar-refractivity contribution in [2.45, 2.75) is 31.7 Å². The van der Waals surface area contributed by atoms with E-state index in [4.69, 9.17) is 11.5 Å². The van der Waals surface area contributed by atoms with Gasteiger partial charge in [-0.3, -0.25) is 14.4 Å². The lowest BCUT2D eigenvalue weighted by atomic mass is 10.0. The van der Waals surface area contributed by atoms with Crippen molar-refractivity contribution in [3.8, 4) is 0 Å². The number of anilines is 1. The molecule has 8 N–H and O–H groups in total. The lowest BCUT2D eigenvalue weighted by molar-refractivity contribution is -0.139. The third kappa shape index (κ3) is 5.30. The molecule has 2 amide bonds. The summed E-state index contributed by atoms with van der Waals surface area (Å²) in [5.74, 6) is -2.13. The Balaban J connectivity index is 1.64. The SMILES string of the molecule is NC(=O)CC[C@H](NC(=O)c1ccc(CCc2c[nH]c3cc(N)[nH]c(=O)c23)cc1)C(=O)O. The number of hydrogen-bond acceptors (Lipinski definition) is 5. The molecule has 0 aliphatic heterocycles. The molecule has 10 heteroatoms. The van der Waals surface area contributed by atoms with Crippen molar-refractivity contribution >= 4 is 34.5 Å². The molecular weight excluding hydrogens is 402 g/mol. The van der Waals surface area contributed by atoms with E-state index in [1.54, 1.807) is 36.5 Å². The minimum atomic E-state index is -1.23. The predicted octanol–water partition coefficient (Wildman–Crippen LogP) is 0.672. The second-order valence-electron chi connectivity index (χ2n) is 7.22. The number of nitrogen functional groups attached to an aromatic ring is 1. The Bertz CT molecular complexity index is 1180. The number of carbonyl (C=O) groups is 3. The van der Waals surface area contributed by atoms with Gasteiger partial charge in [0.2, 0.25) is 5.91 Å². The highest BCUT2D eigenvalue weighted by Crippen LogP contribution is 2.18. The Morgan fingerprint density at radius 2 is 1.84 bits per heavy atom. The van der Waals surface area contributed by atoms with Gasteiger partial charge >= 0.3 is 5.97 Å². The molecule has 31 heavy (non-hydrogen) atoms. The van der Waals surface area contributed by atoms with E-state index in [1.807, 2.05) is 0 Å². The minimum Gasteiger partial charge on any atom is -0.480 e. The third-order valence-electron chi connectivity index (χ3n) is 4.96. The molecule has 162 valence electrons. The van der Waals surface area contributed by atoms with E-state index in [1.165, 1.54) is 0 Å². The maximum Gasteiger partial charge on any atom is 0.326 e. The van der Waals surface area contributed by atoms with E-state index in [0.717, 1.165) is 11.1 Å². The van der Waals surface area contributed by atoms with Crippen LogP contribution in [-0.2, 0) is 22.4 Å². The number of nitrogens with one attached hydrogen (secondary N) is 3. The summed E-state index contributed by atoms with van der Waals surface area (Å²) in [4.78, 5) is 52.3. The van der Waals surface area contributed by atoms with Crippen LogP contribution in [0.4, 0.5) is 5.82 Å². The van der Waals surface area contributed by atoms with Crippen molar-refractivity contribution < 1.29 is 19.5 Å². The fourth-order valence-electron chi connectivity index (χ4n) is 3.33. The van der Waals surface area contributed by atoms with Crippen molar-refractivity contribution in [2.24, 2.45) is 5.73 Å². The van der Waals surface area contributed by atoms with Crippen LogP contribution in [0.2, 0.25) is 0 Å². The maximum atomic E-state index is 12.3. The second kappa shape index (κ2) is 9.16. The number of fused-ring (bicyclic) bond motifs is 1. The Morgan fingerprint density at radius 3 is 2.48 bits per heavy atom. The van der Waals surface area contributed by atoms with Gasteiger partial charge in [0.05, 0.1) is 10.9 Å². The first-order valence-corrected chi connectivity index (χ1v) is 9.64. The summed E-state index contributed by atoms with van der Waals surface area (Å²) < 4.78 is 0. The molecule has 0 unspecified atom stereocenters. The van der Waals surface area contributed by atoms with E-state index in [0.29, 0.717) is 35.1 Å². The molecule has 0 aliphatic carbocycles. The third-order valence-corrected chi connectivity index (χ3v) is 4.96.